The van der Waals surface area contributed by atoms with Crippen molar-refractivity contribution in [3.63, 3.8) is 0 Å². The fourth-order valence-electron chi connectivity index (χ4n) is 2.31. The molecule has 3 atom stereocenters. The largest absolute Gasteiger partial charge is 0.458 e. The molecular formula is C11H16O6. The van der Waals surface area contributed by atoms with Crippen molar-refractivity contribution in [2.75, 3.05) is 6.61 Å². The SMILES string of the molecule is CC(=O)O[C@H]1COC(O)C2(CC2)[C@H]1OC(C)=O. The first kappa shape index (κ1) is 12.3. The van der Waals surface area contributed by atoms with Crippen LogP contribution in [-0.2, 0) is 23.8 Å². The fraction of sp³-hybridized carbons (Fsp3) is 0.818. The van der Waals surface area contributed by atoms with Crippen LogP contribution < -0.4 is 0 Å². The Kier molecular flexibility index (Phi) is 3.09. The number of aliphatic hydroxyl groups excluding tert-OH is 1. The highest BCUT2D eigenvalue weighted by Gasteiger charge is 2.63. The molecule has 0 bridgehead atoms. The van der Waals surface area contributed by atoms with E-state index in [9.17, 15) is 14.7 Å². The minimum absolute atomic E-state index is 0.0421. The van der Waals surface area contributed by atoms with Crippen LogP contribution in [0.3, 0.4) is 0 Å². The van der Waals surface area contributed by atoms with Crippen molar-refractivity contribution in [3.8, 4) is 0 Å². The summed E-state index contributed by atoms with van der Waals surface area (Å²) >= 11 is 0. The third-order valence-electron chi connectivity index (χ3n) is 3.25. The highest BCUT2D eigenvalue weighted by Crippen LogP contribution is 2.56. The van der Waals surface area contributed by atoms with Crippen LogP contribution in [0.5, 0.6) is 0 Å². The minimum Gasteiger partial charge on any atom is -0.458 e. The van der Waals surface area contributed by atoms with Crippen LogP contribution in [0.1, 0.15) is 26.7 Å². The number of hydrogen-bond donors (Lipinski definition) is 1. The zero-order valence-electron chi connectivity index (χ0n) is 9.84. The van der Waals surface area contributed by atoms with Crippen molar-refractivity contribution < 1.29 is 28.9 Å². The Morgan fingerprint density at radius 3 is 2.29 bits per heavy atom. The number of aliphatic hydroxyl groups is 1. The molecule has 2 rings (SSSR count). The van der Waals surface area contributed by atoms with Gasteiger partial charge < -0.3 is 19.3 Å². The van der Waals surface area contributed by atoms with E-state index in [0.29, 0.717) is 12.8 Å². The Bertz CT molecular complexity index is 335. The number of rotatable bonds is 2. The first-order valence-electron chi connectivity index (χ1n) is 5.60. The lowest BCUT2D eigenvalue weighted by atomic mass is 9.91. The second-order valence-corrected chi connectivity index (χ2v) is 4.60. The first-order valence-corrected chi connectivity index (χ1v) is 5.60. The summed E-state index contributed by atoms with van der Waals surface area (Å²) in [6, 6.07) is 0. The maximum Gasteiger partial charge on any atom is 0.303 e. The molecule has 1 saturated carbocycles. The molecule has 1 spiro atoms. The molecule has 1 aliphatic carbocycles. The number of carbonyl (C=O) groups is 2. The molecule has 2 aliphatic rings. The van der Waals surface area contributed by atoms with E-state index in [0.717, 1.165) is 0 Å². The zero-order chi connectivity index (χ0) is 12.6. The van der Waals surface area contributed by atoms with Gasteiger partial charge in [0, 0.05) is 13.8 Å². The molecule has 1 saturated heterocycles. The molecule has 96 valence electrons. The zero-order valence-corrected chi connectivity index (χ0v) is 9.84. The monoisotopic (exact) mass is 244 g/mol. The van der Waals surface area contributed by atoms with Crippen LogP contribution in [0.4, 0.5) is 0 Å². The van der Waals surface area contributed by atoms with Crippen molar-refractivity contribution in [1.29, 1.82) is 0 Å². The predicted molar refractivity (Wildman–Crippen MR) is 54.7 cm³/mol. The highest BCUT2D eigenvalue weighted by atomic mass is 16.6. The molecule has 2 fully saturated rings. The third-order valence-corrected chi connectivity index (χ3v) is 3.25. The minimum atomic E-state index is -0.960. The molecule has 0 aromatic rings. The van der Waals surface area contributed by atoms with Gasteiger partial charge in [-0.25, -0.2) is 0 Å². The van der Waals surface area contributed by atoms with Gasteiger partial charge in [0.25, 0.3) is 0 Å². The van der Waals surface area contributed by atoms with Crippen LogP contribution >= 0.6 is 0 Å². The number of carbonyl (C=O) groups excluding carboxylic acids is 2. The molecule has 0 aromatic heterocycles. The molecule has 17 heavy (non-hydrogen) atoms. The summed E-state index contributed by atoms with van der Waals surface area (Å²) in [6.07, 6.45) is -0.818. The van der Waals surface area contributed by atoms with Gasteiger partial charge in [0.05, 0.1) is 12.0 Å². The standard InChI is InChI=1S/C11H16O6/c1-6(12)16-8-5-15-10(14)11(3-4-11)9(8)17-7(2)13/h8-10,14H,3-5H2,1-2H3/t8-,9-,10?/m0/s1. The Hall–Kier alpha value is -1.14. The summed E-state index contributed by atoms with van der Waals surface area (Å²) in [4.78, 5) is 22.1. The quantitative estimate of drug-likeness (QED) is 0.687. The number of esters is 2. The van der Waals surface area contributed by atoms with Crippen molar-refractivity contribution >= 4 is 11.9 Å². The van der Waals surface area contributed by atoms with E-state index in [1.165, 1.54) is 13.8 Å². The maximum absolute atomic E-state index is 11.1. The lowest BCUT2D eigenvalue weighted by Crippen LogP contribution is -2.54. The third kappa shape index (κ3) is 2.28. The van der Waals surface area contributed by atoms with Gasteiger partial charge in [0.2, 0.25) is 0 Å². The van der Waals surface area contributed by atoms with Crippen LogP contribution in [0.25, 0.3) is 0 Å². The first-order chi connectivity index (χ1) is 7.95. The summed E-state index contributed by atoms with van der Waals surface area (Å²) < 4.78 is 15.4. The van der Waals surface area contributed by atoms with Gasteiger partial charge in [-0.2, -0.15) is 0 Å². The summed E-state index contributed by atoms with van der Waals surface area (Å²) in [5.74, 6) is -0.907. The molecule has 1 N–H and O–H groups in total. The van der Waals surface area contributed by atoms with E-state index in [2.05, 4.69) is 0 Å². The van der Waals surface area contributed by atoms with Crippen molar-refractivity contribution in [2.24, 2.45) is 5.41 Å². The molecule has 0 radical (unpaired) electrons. The molecule has 0 amide bonds. The Balaban J connectivity index is 2.15. The van der Waals surface area contributed by atoms with Crippen LogP contribution in [0, 0.1) is 5.41 Å². The van der Waals surface area contributed by atoms with Gasteiger partial charge in [0.15, 0.2) is 18.5 Å². The van der Waals surface area contributed by atoms with E-state index in [1.807, 2.05) is 0 Å². The van der Waals surface area contributed by atoms with Crippen LogP contribution in [0.15, 0.2) is 0 Å². The molecule has 1 aliphatic heterocycles. The second kappa shape index (κ2) is 4.27. The van der Waals surface area contributed by atoms with Gasteiger partial charge in [-0.15, -0.1) is 0 Å². The summed E-state index contributed by atoms with van der Waals surface area (Å²) in [5, 5.41) is 9.78. The number of ether oxygens (including phenoxy) is 3. The Labute approximate surface area is 98.8 Å². The highest BCUT2D eigenvalue weighted by molar-refractivity contribution is 5.67. The normalized spacial score (nSPS) is 34.2. The summed E-state index contributed by atoms with van der Waals surface area (Å²) in [7, 11) is 0. The smallest absolute Gasteiger partial charge is 0.303 e. The molecule has 1 unspecified atom stereocenters. The van der Waals surface area contributed by atoms with E-state index in [4.69, 9.17) is 14.2 Å². The summed E-state index contributed by atoms with van der Waals surface area (Å²) in [6.45, 7) is 2.62. The van der Waals surface area contributed by atoms with Crippen molar-refractivity contribution in [2.45, 2.75) is 45.2 Å². The Morgan fingerprint density at radius 2 is 1.82 bits per heavy atom. The van der Waals surface area contributed by atoms with Gasteiger partial charge >= 0.3 is 11.9 Å². The average Bonchev–Trinajstić information content (AvgIpc) is 2.98. The molecule has 6 nitrogen and oxygen atoms in total. The fourth-order valence-corrected chi connectivity index (χ4v) is 2.31. The molecule has 0 aromatic carbocycles. The number of hydrogen-bond acceptors (Lipinski definition) is 6. The van der Waals surface area contributed by atoms with E-state index in [1.54, 1.807) is 0 Å². The average molecular weight is 244 g/mol. The lowest BCUT2D eigenvalue weighted by molar-refractivity contribution is -0.253. The van der Waals surface area contributed by atoms with Crippen LogP contribution in [0.2, 0.25) is 0 Å². The molecular weight excluding hydrogens is 228 g/mol. The van der Waals surface area contributed by atoms with Crippen molar-refractivity contribution in [3.05, 3.63) is 0 Å². The van der Waals surface area contributed by atoms with E-state index >= 15 is 0 Å². The second-order valence-electron chi connectivity index (χ2n) is 4.60. The van der Waals surface area contributed by atoms with Gasteiger partial charge in [0.1, 0.15) is 0 Å². The maximum atomic E-state index is 11.1. The lowest BCUT2D eigenvalue weighted by Gasteiger charge is -2.39. The predicted octanol–water partition coefficient (Wildman–Crippen LogP) is -0.0214. The topological polar surface area (TPSA) is 82.1 Å². The Morgan fingerprint density at radius 1 is 1.24 bits per heavy atom. The molecule has 1 heterocycles. The van der Waals surface area contributed by atoms with Gasteiger partial charge in [-0.3, -0.25) is 9.59 Å². The van der Waals surface area contributed by atoms with E-state index < -0.39 is 35.9 Å². The van der Waals surface area contributed by atoms with E-state index in [-0.39, 0.29) is 6.61 Å². The molecule has 6 heteroatoms. The summed E-state index contributed by atoms with van der Waals surface area (Å²) in [5.41, 5.74) is -0.593. The van der Waals surface area contributed by atoms with Crippen LogP contribution in [-0.4, -0.2) is 42.1 Å². The van der Waals surface area contributed by atoms with Crippen molar-refractivity contribution in [1.82, 2.24) is 0 Å². The van der Waals surface area contributed by atoms with Gasteiger partial charge in [-0.1, -0.05) is 0 Å². The van der Waals surface area contributed by atoms with Gasteiger partial charge in [-0.05, 0) is 12.8 Å².